The molecule has 3 rings (SSSR count). The van der Waals surface area contributed by atoms with Crippen molar-refractivity contribution in [3.63, 3.8) is 0 Å². The minimum Gasteiger partial charge on any atom is -0.507 e. The third kappa shape index (κ3) is 4.51. The maximum absolute atomic E-state index is 10.3. The van der Waals surface area contributed by atoms with Crippen molar-refractivity contribution in [2.45, 2.75) is 19.4 Å². The van der Waals surface area contributed by atoms with E-state index in [9.17, 15) is 5.11 Å². The molecule has 140 valence electrons. The predicted octanol–water partition coefficient (Wildman–Crippen LogP) is 3.07. The molecule has 27 heavy (non-hydrogen) atoms. The number of hydrogen-bond donors (Lipinski definition) is 3. The Morgan fingerprint density at radius 3 is 2.67 bits per heavy atom. The summed E-state index contributed by atoms with van der Waals surface area (Å²) in [5.41, 5.74) is 8.29. The zero-order valence-corrected chi connectivity index (χ0v) is 15.4. The molecule has 2 aromatic heterocycles. The molecule has 0 aliphatic carbocycles. The topological polar surface area (TPSA) is 106 Å². The van der Waals surface area contributed by atoms with Gasteiger partial charge in [0.1, 0.15) is 11.6 Å². The molecule has 0 aliphatic heterocycles. The van der Waals surface area contributed by atoms with Gasteiger partial charge in [-0.1, -0.05) is 13.0 Å². The Morgan fingerprint density at radius 2 is 1.96 bits per heavy atom. The predicted molar refractivity (Wildman–Crippen MR) is 106 cm³/mol. The first-order valence-corrected chi connectivity index (χ1v) is 8.77. The lowest BCUT2D eigenvalue weighted by molar-refractivity contribution is 0.398. The highest BCUT2D eigenvalue weighted by Gasteiger charge is 2.11. The molecule has 0 saturated carbocycles. The number of nitrogens with one attached hydrogen (secondary N) is 1. The number of pyridine rings is 1. The normalized spacial score (nSPS) is 11.8. The van der Waals surface area contributed by atoms with Crippen LogP contribution in [0, 0.1) is 0 Å². The second kappa shape index (κ2) is 8.46. The molecule has 7 heteroatoms. The number of phenols is 1. The van der Waals surface area contributed by atoms with Crippen LogP contribution in [0.25, 0.3) is 22.5 Å². The zero-order valence-electron chi connectivity index (χ0n) is 15.4. The number of nitrogens with zero attached hydrogens (tertiary/aromatic N) is 3. The number of anilines is 1. The number of ether oxygens (including phenoxy) is 1. The molecule has 1 atom stereocenters. The van der Waals surface area contributed by atoms with Crippen LogP contribution in [0.15, 0.2) is 48.8 Å². The smallest absolute Gasteiger partial charge is 0.212 e. The number of nitrogens with two attached hydrogens (primary N) is 1. The van der Waals surface area contributed by atoms with Gasteiger partial charge < -0.3 is 20.9 Å². The molecule has 0 radical (unpaired) electrons. The van der Waals surface area contributed by atoms with Gasteiger partial charge >= 0.3 is 0 Å². The summed E-state index contributed by atoms with van der Waals surface area (Å²) in [5, 5.41) is 13.5. The molecule has 1 aromatic carbocycles. The maximum atomic E-state index is 10.3. The lowest BCUT2D eigenvalue weighted by Crippen LogP contribution is -2.28. The van der Waals surface area contributed by atoms with Gasteiger partial charge in [0, 0.05) is 36.6 Å². The highest BCUT2D eigenvalue weighted by Crippen LogP contribution is 2.32. The second-order valence-corrected chi connectivity index (χ2v) is 6.14. The third-order valence-corrected chi connectivity index (χ3v) is 4.24. The SMILES string of the molecule is CC[C@@H](N)CNc1ccnc(-c2cc(-c3ccc(OC)nc3)ccc2O)n1. The van der Waals surface area contributed by atoms with Crippen molar-refractivity contribution in [2.75, 3.05) is 19.0 Å². The van der Waals surface area contributed by atoms with E-state index in [1.807, 2.05) is 25.1 Å². The van der Waals surface area contributed by atoms with E-state index in [4.69, 9.17) is 10.5 Å². The van der Waals surface area contributed by atoms with Gasteiger partial charge in [-0.15, -0.1) is 0 Å². The van der Waals surface area contributed by atoms with Crippen molar-refractivity contribution in [3.8, 4) is 34.1 Å². The van der Waals surface area contributed by atoms with E-state index in [1.54, 1.807) is 37.7 Å². The van der Waals surface area contributed by atoms with Crippen LogP contribution >= 0.6 is 0 Å². The number of hydrogen-bond acceptors (Lipinski definition) is 7. The monoisotopic (exact) mass is 365 g/mol. The average Bonchev–Trinajstić information content (AvgIpc) is 2.72. The van der Waals surface area contributed by atoms with Crippen molar-refractivity contribution in [1.29, 1.82) is 0 Å². The fraction of sp³-hybridized carbons (Fsp3) is 0.250. The maximum Gasteiger partial charge on any atom is 0.212 e. The molecule has 0 saturated heterocycles. The van der Waals surface area contributed by atoms with Crippen molar-refractivity contribution >= 4 is 5.82 Å². The standard InChI is InChI=1S/C20H23N5O2/c1-3-15(21)12-23-18-8-9-22-20(25-18)16-10-13(4-6-17(16)26)14-5-7-19(27-2)24-11-14/h4-11,15,26H,3,12,21H2,1-2H3,(H,22,23,25)/t15-/m1/s1. The molecule has 2 heterocycles. The minimum atomic E-state index is 0.0581. The first-order chi connectivity index (χ1) is 13.1. The number of benzene rings is 1. The highest BCUT2D eigenvalue weighted by atomic mass is 16.5. The number of phenolic OH excluding ortho intramolecular Hbond substituents is 1. The molecular formula is C20H23N5O2. The van der Waals surface area contributed by atoms with Crippen LogP contribution in [0.3, 0.4) is 0 Å². The molecule has 3 aromatic rings. The summed E-state index contributed by atoms with van der Waals surface area (Å²) >= 11 is 0. The highest BCUT2D eigenvalue weighted by molar-refractivity contribution is 5.74. The fourth-order valence-electron chi connectivity index (χ4n) is 2.53. The zero-order chi connectivity index (χ0) is 19.2. The van der Waals surface area contributed by atoms with E-state index in [0.29, 0.717) is 29.6 Å². The molecule has 0 amide bonds. The fourth-order valence-corrected chi connectivity index (χ4v) is 2.53. The van der Waals surface area contributed by atoms with Gasteiger partial charge in [-0.25, -0.2) is 15.0 Å². The largest absolute Gasteiger partial charge is 0.507 e. The van der Waals surface area contributed by atoms with Crippen LogP contribution in [0.2, 0.25) is 0 Å². The number of aromatic nitrogens is 3. The molecule has 0 bridgehead atoms. The van der Waals surface area contributed by atoms with Gasteiger partial charge in [0.2, 0.25) is 5.88 Å². The summed E-state index contributed by atoms with van der Waals surface area (Å²) in [6.45, 7) is 2.66. The van der Waals surface area contributed by atoms with E-state index in [2.05, 4.69) is 20.3 Å². The lowest BCUT2D eigenvalue weighted by Gasteiger charge is -2.12. The molecule has 0 fully saturated rings. The van der Waals surface area contributed by atoms with Crippen molar-refractivity contribution in [2.24, 2.45) is 5.73 Å². The van der Waals surface area contributed by atoms with Gasteiger partial charge in [-0.05, 0) is 36.2 Å². The van der Waals surface area contributed by atoms with Crippen LogP contribution < -0.4 is 15.8 Å². The van der Waals surface area contributed by atoms with Gasteiger partial charge in [-0.3, -0.25) is 0 Å². The Labute approximate surface area is 158 Å². The first kappa shape index (κ1) is 18.6. The Balaban J connectivity index is 1.89. The molecule has 0 unspecified atom stereocenters. The lowest BCUT2D eigenvalue weighted by atomic mass is 10.0. The van der Waals surface area contributed by atoms with Crippen LogP contribution in [0.1, 0.15) is 13.3 Å². The quantitative estimate of drug-likeness (QED) is 0.591. The second-order valence-electron chi connectivity index (χ2n) is 6.14. The Hall–Kier alpha value is -3.19. The van der Waals surface area contributed by atoms with Crippen LogP contribution in [0.4, 0.5) is 5.82 Å². The Kier molecular flexibility index (Phi) is 5.83. The average molecular weight is 365 g/mol. The molecule has 0 spiro atoms. The first-order valence-electron chi connectivity index (χ1n) is 8.77. The summed E-state index contributed by atoms with van der Waals surface area (Å²) in [4.78, 5) is 13.0. The molecule has 4 N–H and O–H groups in total. The van der Waals surface area contributed by atoms with Crippen LogP contribution in [-0.4, -0.2) is 39.8 Å². The summed E-state index contributed by atoms with van der Waals surface area (Å²) in [5.74, 6) is 1.76. The van der Waals surface area contributed by atoms with E-state index < -0.39 is 0 Å². The summed E-state index contributed by atoms with van der Waals surface area (Å²) in [6, 6.07) is 10.8. The van der Waals surface area contributed by atoms with E-state index in [-0.39, 0.29) is 11.8 Å². The van der Waals surface area contributed by atoms with Crippen LogP contribution in [0.5, 0.6) is 11.6 Å². The van der Waals surface area contributed by atoms with Crippen molar-refractivity contribution < 1.29 is 9.84 Å². The molecule has 7 nitrogen and oxygen atoms in total. The van der Waals surface area contributed by atoms with Gasteiger partial charge in [0.15, 0.2) is 5.82 Å². The van der Waals surface area contributed by atoms with Crippen LogP contribution in [-0.2, 0) is 0 Å². The molecule has 0 aliphatic rings. The van der Waals surface area contributed by atoms with Gasteiger partial charge in [-0.2, -0.15) is 0 Å². The van der Waals surface area contributed by atoms with Gasteiger partial charge in [0.25, 0.3) is 0 Å². The minimum absolute atomic E-state index is 0.0581. The van der Waals surface area contributed by atoms with E-state index in [0.717, 1.165) is 17.5 Å². The summed E-state index contributed by atoms with van der Waals surface area (Å²) < 4.78 is 5.09. The third-order valence-electron chi connectivity index (χ3n) is 4.24. The van der Waals surface area contributed by atoms with Gasteiger partial charge in [0.05, 0.1) is 12.7 Å². The van der Waals surface area contributed by atoms with Crippen molar-refractivity contribution in [3.05, 3.63) is 48.8 Å². The summed E-state index contributed by atoms with van der Waals surface area (Å²) in [7, 11) is 1.58. The Bertz CT molecular complexity index is 899. The van der Waals surface area contributed by atoms with Crippen molar-refractivity contribution in [1.82, 2.24) is 15.0 Å². The molecular weight excluding hydrogens is 342 g/mol. The van der Waals surface area contributed by atoms with E-state index in [1.165, 1.54) is 0 Å². The Morgan fingerprint density at radius 1 is 1.15 bits per heavy atom. The number of methoxy groups -OCH3 is 1. The summed E-state index contributed by atoms with van der Waals surface area (Å²) in [6.07, 6.45) is 4.26. The number of aromatic hydroxyl groups is 1. The van der Waals surface area contributed by atoms with E-state index >= 15 is 0 Å². The number of rotatable bonds is 7.